The molecule has 25 heavy (non-hydrogen) atoms. The SMILES string of the molecule is Cc1ccc(OC[C@@H](C)NC(=O)[C@@H](C)Oc2cc(C)cc(C)c2)cc1. The van der Waals surface area contributed by atoms with Crippen molar-refractivity contribution >= 4 is 5.91 Å². The Morgan fingerprint density at radius 3 is 2.12 bits per heavy atom. The highest BCUT2D eigenvalue weighted by atomic mass is 16.5. The molecule has 0 aliphatic rings. The molecule has 0 spiro atoms. The van der Waals surface area contributed by atoms with E-state index >= 15 is 0 Å². The summed E-state index contributed by atoms with van der Waals surface area (Å²) in [6.45, 7) is 10.1. The van der Waals surface area contributed by atoms with Crippen molar-refractivity contribution in [2.45, 2.75) is 46.8 Å². The minimum Gasteiger partial charge on any atom is -0.491 e. The van der Waals surface area contributed by atoms with E-state index in [1.807, 2.05) is 64.1 Å². The maximum Gasteiger partial charge on any atom is 0.261 e. The highest BCUT2D eigenvalue weighted by Gasteiger charge is 2.17. The quantitative estimate of drug-likeness (QED) is 0.829. The Morgan fingerprint density at radius 1 is 0.920 bits per heavy atom. The van der Waals surface area contributed by atoms with Gasteiger partial charge in [-0.05, 0) is 70.0 Å². The fourth-order valence-electron chi connectivity index (χ4n) is 2.52. The second-order valence-electron chi connectivity index (χ2n) is 6.62. The van der Waals surface area contributed by atoms with Gasteiger partial charge < -0.3 is 14.8 Å². The van der Waals surface area contributed by atoms with Crippen LogP contribution in [0.4, 0.5) is 0 Å². The molecule has 2 atom stereocenters. The van der Waals surface area contributed by atoms with E-state index in [1.54, 1.807) is 6.92 Å². The van der Waals surface area contributed by atoms with Crippen molar-refractivity contribution in [2.75, 3.05) is 6.61 Å². The number of nitrogens with one attached hydrogen (secondary N) is 1. The lowest BCUT2D eigenvalue weighted by Crippen LogP contribution is -2.43. The Hall–Kier alpha value is -2.49. The Bertz CT molecular complexity index is 689. The predicted octanol–water partition coefficient (Wildman–Crippen LogP) is 3.96. The third-order valence-corrected chi connectivity index (χ3v) is 3.79. The Kier molecular flexibility index (Phi) is 6.45. The lowest BCUT2D eigenvalue weighted by molar-refractivity contribution is -0.128. The number of ether oxygens (including phenoxy) is 2. The zero-order valence-electron chi connectivity index (χ0n) is 15.6. The molecule has 0 aromatic heterocycles. The monoisotopic (exact) mass is 341 g/mol. The van der Waals surface area contributed by atoms with Gasteiger partial charge >= 0.3 is 0 Å². The zero-order valence-corrected chi connectivity index (χ0v) is 15.6. The highest BCUT2D eigenvalue weighted by molar-refractivity contribution is 5.81. The molecule has 2 aromatic carbocycles. The van der Waals surface area contributed by atoms with Gasteiger partial charge in [0.05, 0.1) is 6.04 Å². The summed E-state index contributed by atoms with van der Waals surface area (Å²) in [5.41, 5.74) is 3.41. The molecule has 0 saturated carbocycles. The summed E-state index contributed by atoms with van der Waals surface area (Å²) in [5, 5.41) is 2.92. The lowest BCUT2D eigenvalue weighted by Gasteiger charge is -2.19. The van der Waals surface area contributed by atoms with Gasteiger partial charge in [0.2, 0.25) is 0 Å². The summed E-state index contributed by atoms with van der Waals surface area (Å²) in [5.74, 6) is 1.36. The number of amides is 1. The largest absolute Gasteiger partial charge is 0.491 e. The molecule has 2 rings (SSSR count). The van der Waals surface area contributed by atoms with E-state index in [-0.39, 0.29) is 11.9 Å². The van der Waals surface area contributed by atoms with Crippen molar-refractivity contribution in [1.82, 2.24) is 5.32 Å². The average molecular weight is 341 g/mol. The number of benzene rings is 2. The normalized spacial score (nSPS) is 13.0. The summed E-state index contributed by atoms with van der Waals surface area (Å²) >= 11 is 0. The van der Waals surface area contributed by atoms with Gasteiger partial charge in [0.25, 0.3) is 5.91 Å². The molecule has 0 unspecified atom stereocenters. The van der Waals surface area contributed by atoms with Crippen molar-refractivity contribution in [2.24, 2.45) is 0 Å². The summed E-state index contributed by atoms with van der Waals surface area (Å²) in [7, 11) is 0. The van der Waals surface area contributed by atoms with Gasteiger partial charge in [-0.3, -0.25) is 4.79 Å². The van der Waals surface area contributed by atoms with Crippen LogP contribution in [0.1, 0.15) is 30.5 Å². The molecule has 0 aliphatic heterocycles. The number of aryl methyl sites for hydroxylation is 3. The molecular formula is C21H27NO3. The van der Waals surface area contributed by atoms with Crippen LogP contribution in [0.15, 0.2) is 42.5 Å². The molecule has 134 valence electrons. The third-order valence-electron chi connectivity index (χ3n) is 3.79. The van der Waals surface area contributed by atoms with Crippen LogP contribution >= 0.6 is 0 Å². The molecule has 0 aliphatic carbocycles. The van der Waals surface area contributed by atoms with Crippen LogP contribution in [0, 0.1) is 20.8 Å². The molecule has 0 heterocycles. The molecule has 4 heteroatoms. The predicted molar refractivity (Wildman–Crippen MR) is 100 cm³/mol. The van der Waals surface area contributed by atoms with Gasteiger partial charge in [0.15, 0.2) is 6.10 Å². The molecule has 1 N–H and O–H groups in total. The Morgan fingerprint density at radius 2 is 1.52 bits per heavy atom. The van der Waals surface area contributed by atoms with Crippen LogP contribution in [0.25, 0.3) is 0 Å². The van der Waals surface area contributed by atoms with Crippen molar-refractivity contribution in [3.05, 3.63) is 59.2 Å². The maximum absolute atomic E-state index is 12.3. The molecular weight excluding hydrogens is 314 g/mol. The van der Waals surface area contributed by atoms with Gasteiger partial charge in [-0.25, -0.2) is 0 Å². The molecule has 1 amide bonds. The van der Waals surface area contributed by atoms with Crippen LogP contribution in [-0.2, 0) is 4.79 Å². The molecule has 0 bridgehead atoms. The van der Waals surface area contributed by atoms with Gasteiger partial charge in [-0.15, -0.1) is 0 Å². The summed E-state index contributed by atoms with van der Waals surface area (Å²) in [6, 6.07) is 13.7. The number of carbonyl (C=O) groups is 1. The van der Waals surface area contributed by atoms with Gasteiger partial charge in [0, 0.05) is 0 Å². The van der Waals surface area contributed by atoms with Crippen LogP contribution in [-0.4, -0.2) is 24.7 Å². The number of hydrogen-bond donors (Lipinski definition) is 1. The zero-order chi connectivity index (χ0) is 18.4. The van der Waals surface area contributed by atoms with Crippen LogP contribution < -0.4 is 14.8 Å². The minimum atomic E-state index is -0.567. The van der Waals surface area contributed by atoms with E-state index in [1.165, 1.54) is 5.56 Å². The number of carbonyl (C=O) groups excluding carboxylic acids is 1. The first-order chi connectivity index (χ1) is 11.8. The van der Waals surface area contributed by atoms with Crippen LogP contribution in [0.5, 0.6) is 11.5 Å². The number of rotatable bonds is 7. The van der Waals surface area contributed by atoms with Gasteiger partial charge in [-0.1, -0.05) is 23.8 Å². The second-order valence-corrected chi connectivity index (χ2v) is 6.62. The van der Waals surface area contributed by atoms with E-state index < -0.39 is 6.10 Å². The van der Waals surface area contributed by atoms with Crippen LogP contribution in [0.3, 0.4) is 0 Å². The highest BCUT2D eigenvalue weighted by Crippen LogP contribution is 2.17. The fraction of sp³-hybridized carbons (Fsp3) is 0.381. The van der Waals surface area contributed by atoms with Gasteiger partial charge in [0.1, 0.15) is 18.1 Å². The van der Waals surface area contributed by atoms with E-state index in [2.05, 4.69) is 11.4 Å². The Labute approximate surface area is 150 Å². The fourth-order valence-corrected chi connectivity index (χ4v) is 2.52. The average Bonchev–Trinajstić information content (AvgIpc) is 2.53. The van der Waals surface area contributed by atoms with Crippen molar-refractivity contribution < 1.29 is 14.3 Å². The molecule has 4 nitrogen and oxygen atoms in total. The molecule has 0 radical (unpaired) electrons. The third kappa shape index (κ3) is 6.14. The minimum absolute atomic E-state index is 0.112. The van der Waals surface area contributed by atoms with Crippen molar-refractivity contribution in [1.29, 1.82) is 0 Å². The maximum atomic E-state index is 12.3. The molecule has 2 aromatic rings. The van der Waals surface area contributed by atoms with Crippen LogP contribution in [0.2, 0.25) is 0 Å². The lowest BCUT2D eigenvalue weighted by atomic mass is 10.1. The first-order valence-electron chi connectivity index (χ1n) is 8.58. The second kappa shape index (κ2) is 8.56. The molecule has 0 saturated heterocycles. The molecule has 0 fully saturated rings. The van der Waals surface area contributed by atoms with E-state index in [9.17, 15) is 4.79 Å². The summed E-state index contributed by atoms with van der Waals surface area (Å²) in [6.07, 6.45) is -0.567. The Balaban J connectivity index is 1.82. The van der Waals surface area contributed by atoms with Crippen molar-refractivity contribution in [3.8, 4) is 11.5 Å². The summed E-state index contributed by atoms with van der Waals surface area (Å²) < 4.78 is 11.5. The van der Waals surface area contributed by atoms with Gasteiger partial charge in [-0.2, -0.15) is 0 Å². The standard InChI is InChI=1S/C21H27NO3/c1-14-6-8-19(9-7-14)24-13-17(4)22-21(23)18(5)25-20-11-15(2)10-16(3)12-20/h6-12,17-18H,13H2,1-5H3,(H,22,23)/t17-,18-/m1/s1. The topological polar surface area (TPSA) is 47.6 Å². The van der Waals surface area contributed by atoms with E-state index in [4.69, 9.17) is 9.47 Å². The smallest absolute Gasteiger partial charge is 0.261 e. The summed E-state index contributed by atoms with van der Waals surface area (Å²) in [4.78, 5) is 12.3. The van der Waals surface area contributed by atoms with Crippen molar-refractivity contribution in [3.63, 3.8) is 0 Å². The first kappa shape index (κ1) is 18.8. The first-order valence-corrected chi connectivity index (χ1v) is 8.58. The number of hydrogen-bond acceptors (Lipinski definition) is 3. The van der Waals surface area contributed by atoms with E-state index in [0.29, 0.717) is 12.4 Å². The van der Waals surface area contributed by atoms with E-state index in [0.717, 1.165) is 16.9 Å².